The minimum Gasteiger partial charge on any atom is -0.370 e. The first-order valence-corrected chi connectivity index (χ1v) is 7.23. The summed E-state index contributed by atoms with van der Waals surface area (Å²) in [5.74, 6) is -0.0382. The van der Waals surface area contributed by atoms with Gasteiger partial charge in [-0.1, -0.05) is 37.3 Å². The lowest BCUT2D eigenvalue weighted by atomic mass is 10.00. The number of ether oxygens (including phenoxy) is 1. The minimum atomic E-state index is -0.160. The van der Waals surface area contributed by atoms with Crippen molar-refractivity contribution in [1.82, 2.24) is 4.90 Å². The lowest BCUT2D eigenvalue weighted by Gasteiger charge is -2.40. The number of carbonyl (C=O) groups is 1. The molecule has 1 amide bonds. The average molecular weight is 313 g/mol. The third-order valence-electron chi connectivity index (χ3n) is 4.07. The van der Waals surface area contributed by atoms with E-state index in [9.17, 15) is 4.79 Å². The van der Waals surface area contributed by atoms with E-state index in [1.165, 1.54) is 0 Å². The van der Waals surface area contributed by atoms with Crippen LogP contribution in [0.2, 0.25) is 0 Å². The van der Waals surface area contributed by atoms with Gasteiger partial charge in [0, 0.05) is 6.04 Å². The highest BCUT2D eigenvalue weighted by Crippen LogP contribution is 2.26. The number of nitrogens with two attached hydrogens (primary N) is 1. The van der Waals surface area contributed by atoms with Crippen LogP contribution in [0.3, 0.4) is 0 Å². The molecule has 0 aromatic heterocycles. The molecule has 2 N–H and O–H groups in total. The van der Waals surface area contributed by atoms with Crippen LogP contribution in [0.25, 0.3) is 0 Å². The van der Waals surface area contributed by atoms with E-state index < -0.39 is 0 Å². The van der Waals surface area contributed by atoms with Crippen molar-refractivity contribution >= 4 is 18.3 Å². The average Bonchev–Trinajstić information content (AvgIpc) is 2.47. The fraction of sp³-hybridized carbons (Fsp3) is 0.562. The van der Waals surface area contributed by atoms with Gasteiger partial charge in [-0.25, -0.2) is 0 Å². The number of hydrogen-bond acceptors (Lipinski definition) is 3. The Kier molecular flexibility index (Phi) is 6.65. The molecule has 1 aliphatic heterocycles. The van der Waals surface area contributed by atoms with Crippen molar-refractivity contribution in [2.45, 2.75) is 39.0 Å². The molecule has 1 aliphatic rings. The molecule has 1 aromatic carbocycles. The summed E-state index contributed by atoms with van der Waals surface area (Å²) in [7, 11) is 0. The van der Waals surface area contributed by atoms with Crippen molar-refractivity contribution in [2.24, 2.45) is 11.7 Å². The monoisotopic (exact) mass is 312 g/mol. The normalized spacial score (nSPS) is 24.9. The summed E-state index contributed by atoms with van der Waals surface area (Å²) >= 11 is 0. The highest BCUT2D eigenvalue weighted by molar-refractivity contribution is 5.85. The second-order valence-corrected chi connectivity index (χ2v) is 5.72. The first-order chi connectivity index (χ1) is 9.50. The third-order valence-corrected chi connectivity index (χ3v) is 4.07. The van der Waals surface area contributed by atoms with Gasteiger partial charge in [-0.3, -0.25) is 4.79 Å². The molecule has 4 unspecified atom stereocenters. The first-order valence-electron chi connectivity index (χ1n) is 7.23. The van der Waals surface area contributed by atoms with Gasteiger partial charge in [-0.15, -0.1) is 12.4 Å². The van der Waals surface area contributed by atoms with Crippen molar-refractivity contribution in [3.05, 3.63) is 35.9 Å². The van der Waals surface area contributed by atoms with Crippen LogP contribution < -0.4 is 5.73 Å². The zero-order valence-corrected chi connectivity index (χ0v) is 13.7. The molecule has 1 heterocycles. The topological polar surface area (TPSA) is 55.6 Å². The molecule has 21 heavy (non-hydrogen) atoms. The van der Waals surface area contributed by atoms with Crippen LogP contribution in [0.5, 0.6) is 0 Å². The predicted octanol–water partition coefficient (Wildman–Crippen LogP) is 2.38. The lowest BCUT2D eigenvalue weighted by molar-refractivity contribution is -0.148. The molecule has 2 rings (SSSR count). The van der Waals surface area contributed by atoms with Crippen LogP contribution in [0, 0.1) is 5.92 Å². The number of halogens is 1. The molecule has 0 aliphatic carbocycles. The maximum absolute atomic E-state index is 12.5. The second-order valence-electron chi connectivity index (χ2n) is 5.72. The molecule has 0 radical (unpaired) electrons. The van der Waals surface area contributed by atoms with Crippen LogP contribution >= 0.6 is 12.4 Å². The smallest absolute Gasteiger partial charge is 0.227 e. The molecular weight excluding hydrogens is 288 g/mol. The standard InChI is InChI=1S/C16H24N2O2.ClH/c1-11-10-20-15(14-7-5-4-6-8-14)9-18(11)16(19)12(2)13(3)17;/h4-8,11-13,15H,9-10,17H2,1-3H3;1H. The summed E-state index contributed by atoms with van der Waals surface area (Å²) in [6.45, 7) is 6.96. The Balaban J connectivity index is 0.00000220. The molecule has 1 saturated heterocycles. The molecule has 4 nitrogen and oxygen atoms in total. The highest BCUT2D eigenvalue weighted by atomic mass is 35.5. The van der Waals surface area contributed by atoms with E-state index >= 15 is 0 Å². The molecule has 5 heteroatoms. The van der Waals surface area contributed by atoms with E-state index in [0.29, 0.717) is 13.2 Å². The Morgan fingerprint density at radius 2 is 1.95 bits per heavy atom. The molecule has 118 valence electrons. The molecular formula is C16H25ClN2O2. The van der Waals surface area contributed by atoms with Crippen molar-refractivity contribution in [3.8, 4) is 0 Å². The van der Waals surface area contributed by atoms with Gasteiger partial charge in [0.25, 0.3) is 0 Å². The van der Waals surface area contributed by atoms with Crippen LogP contribution in [0.15, 0.2) is 30.3 Å². The van der Waals surface area contributed by atoms with Gasteiger partial charge >= 0.3 is 0 Å². The zero-order valence-electron chi connectivity index (χ0n) is 12.9. The summed E-state index contributed by atoms with van der Waals surface area (Å²) < 4.78 is 5.87. The Morgan fingerprint density at radius 3 is 2.52 bits per heavy atom. The van der Waals surface area contributed by atoms with Gasteiger partial charge < -0.3 is 15.4 Å². The van der Waals surface area contributed by atoms with Gasteiger partial charge in [-0.2, -0.15) is 0 Å². The molecule has 0 saturated carbocycles. The predicted molar refractivity (Wildman–Crippen MR) is 86.4 cm³/mol. The summed E-state index contributed by atoms with van der Waals surface area (Å²) in [5.41, 5.74) is 6.97. The zero-order chi connectivity index (χ0) is 14.7. The van der Waals surface area contributed by atoms with Crippen molar-refractivity contribution in [2.75, 3.05) is 13.2 Å². The third kappa shape index (κ3) is 4.19. The van der Waals surface area contributed by atoms with Crippen LogP contribution in [0.1, 0.15) is 32.4 Å². The van der Waals surface area contributed by atoms with Gasteiger partial charge in [0.1, 0.15) is 6.10 Å². The minimum absolute atomic E-state index is 0. The summed E-state index contributed by atoms with van der Waals surface area (Å²) in [6.07, 6.45) is -0.0448. The lowest BCUT2D eigenvalue weighted by Crippen LogP contribution is -2.52. The SMILES string of the molecule is CC(N)C(C)C(=O)N1CC(c2ccccc2)OCC1C.Cl. The van der Waals surface area contributed by atoms with Crippen LogP contribution in [-0.4, -0.2) is 36.0 Å². The maximum atomic E-state index is 12.5. The van der Waals surface area contributed by atoms with Gasteiger partial charge in [-0.05, 0) is 19.4 Å². The van der Waals surface area contributed by atoms with E-state index in [-0.39, 0.29) is 42.4 Å². The van der Waals surface area contributed by atoms with E-state index in [1.54, 1.807) is 0 Å². The maximum Gasteiger partial charge on any atom is 0.227 e. The molecule has 1 aromatic rings. The number of hydrogen-bond donors (Lipinski definition) is 1. The Hall–Kier alpha value is -1.10. The quantitative estimate of drug-likeness (QED) is 0.932. The van der Waals surface area contributed by atoms with E-state index in [0.717, 1.165) is 5.56 Å². The van der Waals surface area contributed by atoms with Crippen molar-refractivity contribution < 1.29 is 9.53 Å². The summed E-state index contributed by atoms with van der Waals surface area (Å²) in [5, 5.41) is 0. The fourth-order valence-electron chi connectivity index (χ4n) is 2.42. The van der Waals surface area contributed by atoms with Crippen molar-refractivity contribution in [1.29, 1.82) is 0 Å². The van der Waals surface area contributed by atoms with Crippen LogP contribution in [0.4, 0.5) is 0 Å². The summed E-state index contributed by atoms with van der Waals surface area (Å²) in [4.78, 5) is 14.4. The molecule has 4 atom stereocenters. The van der Waals surface area contributed by atoms with Gasteiger partial charge in [0.2, 0.25) is 5.91 Å². The number of benzene rings is 1. The van der Waals surface area contributed by atoms with Crippen LogP contribution in [-0.2, 0) is 9.53 Å². The van der Waals surface area contributed by atoms with E-state index in [4.69, 9.17) is 10.5 Å². The van der Waals surface area contributed by atoms with E-state index in [2.05, 4.69) is 0 Å². The number of nitrogens with zero attached hydrogens (tertiary/aromatic N) is 1. The summed E-state index contributed by atoms with van der Waals surface area (Å²) in [6, 6.07) is 10.0. The second kappa shape index (κ2) is 7.78. The van der Waals surface area contributed by atoms with E-state index in [1.807, 2.05) is 56.0 Å². The van der Waals surface area contributed by atoms with Gasteiger partial charge in [0.05, 0.1) is 25.1 Å². The van der Waals surface area contributed by atoms with Gasteiger partial charge in [0.15, 0.2) is 0 Å². The van der Waals surface area contributed by atoms with Crippen molar-refractivity contribution in [3.63, 3.8) is 0 Å². The highest BCUT2D eigenvalue weighted by Gasteiger charge is 2.33. The Morgan fingerprint density at radius 1 is 1.33 bits per heavy atom. The fourth-order valence-corrected chi connectivity index (χ4v) is 2.42. The number of carbonyl (C=O) groups excluding carboxylic acids is 1. The molecule has 0 bridgehead atoms. The number of amides is 1. The first kappa shape index (κ1) is 18.0. The number of morpholine rings is 1. The molecule has 1 fully saturated rings. The largest absolute Gasteiger partial charge is 0.370 e. The Labute approximate surface area is 133 Å². The molecule has 0 spiro atoms. The number of rotatable bonds is 3. The Bertz CT molecular complexity index is 453.